The van der Waals surface area contributed by atoms with Crippen LogP contribution in [0.4, 0.5) is 0 Å². The fourth-order valence-electron chi connectivity index (χ4n) is 2.59. The van der Waals surface area contributed by atoms with Gasteiger partial charge < -0.3 is 18.4 Å². The molecule has 5 nitrogen and oxygen atoms in total. The van der Waals surface area contributed by atoms with E-state index in [0.717, 1.165) is 11.0 Å². The molecule has 0 unspecified atom stereocenters. The van der Waals surface area contributed by atoms with Gasteiger partial charge in [-0.2, -0.15) is 0 Å². The lowest BCUT2D eigenvalue weighted by molar-refractivity contribution is 0.00578. The smallest absolute Gasteiger partial charge is 0.399 e. The van der Waals surface area contributed by atoms with Gasteiger partial charge in [-0.1, -0.05) is 11.6 Å². The first-order valence-electron chi connectivity index (χ1n) is 8.42. The fraction of sp³-hybridized carbons (Fsp3) is 0.647. The molecule has 0 bridgehead atoms. The lowest BCUT2D eigenvalue weighted by Gasteiger charge is -2.32. The molecule has 134 valence electrons. The van der Waals surface area contributed by atoms with E-state index < -0.39 is 25.9 Å². The molecule has 0 radical (unpaired) electrons. The second-order valence-electron chi connectivity index (χ2n) is 6.96. The highest BCUT2D eigenvalue weighted by Crippen LogP contribution is 2.46. The van der Waals surface area contributed by atoms with Crippen molar-refractivity contribution in [3.8, 4) is 0 Å². The third-order valence-electron chi connectivity index (χ3n) is 4.67. The topological polar surface area (TPSA) is 54.0 Å². The van der Waals surface area contributed by atoms with E-state index in [1.165, 1.54) is 0 Å². The molecule has 24 heavy (non-hydrogen) atoms. The standard InChI is InChI=1S/C17H28BO5P/c1-8-20-24(19,21-9-2)14-10-11-15(13(3)12-14)18-22-16(4,5)17(6,7)23-18/h10-12H,8-9H2,1-7H3. The Morgan fingerprint density at radius 1 is 1.04 bits per heavy atom. The van der Waals surface area contributed by atoms with Gasteiger partial charge in [0, 0.05) is 0 Å². The van der Waals surface area contributed by atoms with Crippen molar-refractivity contribution >= 4 is 25.5 Å². The first-order chi connectivity index (χ1) is 11.1. The van der Waals surface area contributed by atoms with E-state index in [2.05, 4.69) is 0 Å². The van der Waals surface area contributed by atoms with Crippen LogP contribution in [0.3, 0.4) is 0 Å². The van der Waals surface area contributed by atoms with Crippen LogP contribution in [0.5, 0.6) is 0 Å². The summed E-state index contributed by atoms with van der Waals surface area (Å²) < 4.78 is 35.9. The Hall–Kier alpha value is -0.645. The Kier molecular flexibility index (Phi) is 5.68. The maximum atomic E-state index is 12.9. The number of hydrogen-bond acceptors (Lipinski definition) is 5. The minimum atomic E-state index is -3.28. The maximum Gasteiger partial charge on any atom is 0.495 e. The molecule has 7 heteroatoms. The Balaban J connectivity index is 2.33. The molecule has 1 aromatic carbocycles. The van der Waals surface area contributed by atoms with E-state index in [0.29, 0.717) is 18.5 Å². The Labute approximate surface area is 145 Å². The van der Waals surface area contributed by atoms with Crippen molar-refractivity contribution in [2.75, 3.05) is 13.2 Å². The van der Waals surface area contributed by atoms with Gasteiger partial charge in [-0.25, -0.2) is 0 Å². The summed E-state index contributed by atoms with van der Waals surface area (Å²) in [5, 5.41) is 0.559. The van der Waals surface area contributed by atoms with E-state index in [1.54, 1.807) is 19.9 Å². The highest BCUT2D eigenvalue weighted by Gasteiger charge is 2.52. The van der Waals surface area contributed by atoms with Gasteiger partial charge in [-0.05, 0) is 66.1 Å². The summed E-state index contributed by atoms with van der Waals surface area (Å²) in [6, 6.07) is 5.50. The Morgan fingerprint density at radius 3 is 1.96 bits per heavy atom. The van der Waals surface area contributed by atoms with Crippen LogP contribution in [0.1, 0.15) is 47.1 Å². The van der Waals surface area contributed by atoms with E-state index in [-0.39, 0.29) is 0 Å². The van der Waals surface area contributed by atoms with Crippen LogP contribution in [0.2, 0.25) is 0 Å². The highest BCUT2D eigenvalue weighted by molar-refractivity contribution is 7.62. The van der Waals surface area contributed by atoms with Gasteiger partial charge in [0.05, 0.1) is 29.7 Å². The molecular weight excluding hydrogens is 326 g/mol. The summed E-state index contributed by atoms with van der Waals surface area (Å²) in [5.41, 5.74) is 1.08. The largest absolute Gasteiger partial charge is 0.495 e. The van der Waals surface area contributed by atoms with E-state index >= 15 is 0 Å². The predicted octanol–water partition coefficient (Wildman–Crippen LogP) is 3.19. The maximum absolute atomic E-state index is 12.9. The second-order valence-corrected chi connectivity index (χ2v) is 8.99. The van der Waals surface area contributed by atoms with Crippen LogP contribution in [0.15, 0.2) is 18.2 Å². The number of hydrogen-bond donors (Lipinski definition) is 0. The number of benzene rings is 1. The van der Waals surface area contributed by atoms with Gasteiger partial charge in [0.1, 0.15) is 0 Å². The molecular formula is C17H28BO5P. The van der Waals surface area contributed by atoms with Gasteiger partial charge >= 0.3 is 14.7 Å². The van der Waals surface area contributed by atoms with Crippen molar-refractivity contribution in [2.45, 2.75) is 59.7 Å². The molecule has 0 N–H and O–H groups in total. The minimum absolute atomic E-state index is 0.329. The Bertz CT molecular complexity index is 618. The fourth-order valence-corrected chi connectivity index (χ4v) is 4.25. The van der Waals surface area contributed by atoms with Gasteiger partial charge in [-0.3, -0.25) is 4.57 Å². The van der Waals surface area contributed by atoms with Crippen LogP contribution in [0, 0.1) is 6.92 Å². The number of rotatable bonds is 6. The summed E-state index contributed by atoms with van der Waals surface area (Å²) in [5.74, 6) is 0. The zero-order valence-electron chi connectivity index (χ0n) is 15.7. The molecule has 1 aromatic rings. The summed E-state index contributed by atoms with van der Waals surface area (Å²) in [6.45, 7) is 14.3. The molecule has 1 aliphatic heterocycles. The van der Waals surface area contributed by atoms with Crippen molar-refractivity contribution in [1.29, 1.82) is 0 Å². The van der Waals surface area contributed by atoms with Crippen LogP contribution < -0.4 is 10.8 Å². The first kappa shape index (κ1) is 19.7. The van der Waals surface area contributed by atoms with E-state index in [1.807, 2.05) is 46.8 Å². The molecule has 0 aromatic heterocycles. The summed E-state index contributed by atoms with van der Waals surface area (Å²) in [4.78, 5) is 0. The normalized spacial score (nSPS) is 19.7. The average Bonchev–Trinajstić information content (AvgIpc) is 2.67. The second kappa shape index (κ2) is 6.93. The SMILES string of the molecule is CCOP(=O)(OCC)c1ccc(B2OC(C)(C)C(C)(C)O2)c(C)c1. The van der Waals surface area contributed by atoms with Crippen molar-refractivity contribution in [3.63, 3.8) is 0 Å². The van der Waals surface area contributed by atoms with Crippen molar-refractivity contribution < 1.29 is 22.9 Å². The third kappa shape index (κ3) is 3.63. The van der Waals surface area contributed by atoms with E-state index in [9.17, 15) is 4.57 Å². The van der Waals surface area contributed by atoms with Crippen molar-refractivity contribution in [1.82, 2.24) is 0 Å². The minimum Gasteiger partial charge on any atom is -0.399 e. The highest BCUT2D eigenvalue weighted by atomic mass is 31.2. The molecule has 0 aliphatic carbocycles. The zero-order valence-corrected chi connectivity index (χ0v) is 16.6. The molecule has 2 rings (SSSR count). The van der Waals surface area contributed by atoms with Crippen LogP contribution in [-0.2, 0) is 22.9 Å². The van der Waals surface area contributed by atoms with Crippen LogP contribution >= 0.6 is 7.60 Å². The van der Waals surface area contributed by atoms with Crippen molar-refractivity contribution in [3.05, 3.63) is 23.8 Å². The third-order valence-corrected chi connectivity index (χ3v) is 6.78. The lowest BCUT2D eigenvalue weighted by Crippen LogP contribution is -2.41. The average molecular weight is 354 g/mol. The van der Waals surface area contributed by atoms with Gasteiger partial charge in [0.2, 0.25) is 0 Å². The molecule has 1 aliphatic rings. The summed E-state index contributed by atoms with van der Waals surface area (Å²) >= 11 is 0. The molecule has 0 saturated carbocycles. The molecule has 0 spiro atoms. The molecule has 1 fully saturated rings. The lowest BCUT2D eigenvalue weighted by atomic mass is 9.76. The van der Waals surface area contributed by atoms with Crippen molar-refractivity contribution in [2.24, 2.45) is 0 Å². The first-order valence-corrected chi connectivity index (χ1v) is 9.96. The number of aryl methyl sites for hydroxylation is 1. The van der Waals surface area contributed by atoms with Gasteiger partial charge in [0.25, 0.3) is 0 Å². The van der Waals surface area contributed by atoms with E-state index in [4.69, 9.17) is 18.4 Å². The summed E-state index contributed by atoms with van der Waals surface area (Å²) in [7, 11) is -3.72. The van der Waals surface area contributed by atoms with Gasteiger partial charge in [-0.15, -0.1) is 0 Å². The predicted molar refractivity (Wildman–Crippen MR) is 97.4 cm³/mol. The summed E-state index contributed by atoms with van der Waals surface area (Å²) in [6.07, 6.45) is 0. The Morgan fingerprint density at radius 2 is 1.54 bits per heavy atom. The van der Waals surface area contributed by atoms with Crippen LogP contribution in [-0.4, -0.2) is 31.5 Å². The zero-order chi connectivity index (χ0) is 18.2. The quantitative estimate of drug-likeness (QED) is 0.580. The molecule has 1 saturated heterocycles. The molecule has 1 heterocycles. The monoisotopic (exact) mass is 354 g/mol. The molecule has 0 atom stereocenters. The van der Waals surface area contributed by atoms with Crippen LogP contribution in [0.25, 0.3) is 0 Å². The van der Waals surface area contributed by atoms with Gasteiger partial charge in [0.15, 0.2) is 0 Å². The molecule has 0 amide bonds.